The van der Waals surface area contributed by atoms with E-state index < -0.39 is 11.7 Å². The van der Waals surface area contributed by atoms with E-state index in [-0.39, 0.29) is 10.6 Å². The zero-order chi connectivity index (χ0) is 18.1. The third kappa shape index (κ3) is 3.45. The van der Waals surface area contributed by atoms with Crippen LogP contribution >= 0.6 is 27.5 Å². The molecule has 0 unspecified atom stereocenters. The zero-order valence-electron chi connectivity index (χ0n) is 13.5. The molecule has 0 aliphatic heterocycles. The lowest BCUT2D eigenvalue weighted by molar-refractivity contribution is 0.102. The predicted octanol–water partition coefficient (Wildman–Crippen LogP) is 5.30. The molecule has 0 atom stereocenters. The topological polar surface area (TPSA) is 46.9 Å². The first kappa shape index (κ1) is 17.6. The monoisotopic (exact) mass is 421 g/mol. The van der Waals surface area contributed by atoms with Crippen molar-refractivity contribution in [2.24, 2.45) is 0 Å². The van der Waals surface area contributed by atoms with Crippen LogP contribution in [0.2, 0.25) is 5.02 Å². The molecule has 0 bridgehead atoms. The van der Waals surface area contributed by atoms with Gasteiger partial charge in [-0.05, 0) is 66.2 Å². The highest BCUT2D eigenvalue weighted by Gasteiger charge is 2.16. The van der Waals surface area contributed by atoms with Crippen LogP contribution in [0.4, 0.5) is 10.1 Å². The number of anilines is 1. The van der Waals surface area contributed by atoms with Gasteiger partial charge in [0.25, 0.3) is 5.91 Å². The number of benzene rings is 2. The van der Waals surface area contributed by atoms with E-state index in [2.05, 4.69) is 26.3 Å². The Bertz CT molecular complexity index is 933. The fourth-order valence-corrected chi connectivity index (χ4v) is 2.97. The zero-order valence-corrected chi connectivity index (χ0v) is 15.8. The number of carbonyl (C=O) groups excluding carboxylic acids is 1. The standard InChI is InChI=1S/C18H14BrClFN3O/c1-10-17(19)11(2)24(23-10)13-8-6-12(7-9-13)22-18(25)16-14(20)4-3-5-15(16)21/h3-9H,1-2H3,(H,22,25). The predicted molar refractivity (Wildman–Crippen MR) is 100 cm³/mol. The summed E-state index contributed by atoms with van der Waals surface area (Å²) in [4.78, 5) is 12.3. The lowest BCUT2D eigenvalue weighted by atomic mass is 10.2. The van der Waals surface area contributed by atoms with Crippen molar-refractivity contribution in [3.63, 3.8) is 0 Å². The normalized spacial score (nSPS) is 10.8. The van der Waals surface area contributed by atoms with Crippen LogP contribution in [0.3, 0.4) is 0 Å². The number of nitrogens with zero attached hydrogens (tertiary/aromatic N) is 2. The minimum Gasteiger partial charge on any atom is -0.322 e. The molecule has 1 amide bonds. The van der Waals surface area contributed by atoms with E-state index in [4.69, 9.17) is 11.6 Å². The molecule has 0 spiro atoms. The van der Waals surface area contributed by atoms with E-state index in [1.54, 1.807) is 16.8 Å². The lowest BCUT2D eigenvalue weighted by Gasteiger charge is -2.09. The van der Waals surface area contributed by atoms with Gasteiger partial charge in [-0.2, -0.15) is 5.10 Å². The molecule has 3 aromatic rings. The van der Waals surface area contributed by atoms with Crippen molar-refractivity contribution in [2.75, 3.05) is 5.32 Å². The molecule has 1 aromatic heterocycles. The molecule has 1 N–H and O–H groups in total. The SMILES string of the molecule is Cc1nn(-c2ccc(NC(=O)c3c(F)cccc3Cl)cc2)c(C)c1Br. The maximum Gasteiger partial charge on any atom is 0.260 e. The first-order valence-corrected chi connectivity index (χ1v) is 8.63. The Morgan fingerprint density at radius 1 is 1.20 bits per heavy atom. The molecule has 25 heavy (non-hydrogen) atoms. The van der Waals surface area contributed by atoms with Gasteiger partial charge in [-0.15, -0.1) is 0 Å². The quantitative estimate of drug-likeness (QED) is 0.623. The highest BCUT2D eigenvalue weighted by molar-refractivity contribution is 9.10. The maximum atomic E-state index is 13.8. The van der Waals surface area contributed by atoms with E-state index in [1.807, 2.05) is 26.0 Å². The van der Waals surface area contributed by atoms with E-state index >= 15 is 0 Å². The van der Waals surface area contributed by atoms with Crippen molar-refractivity contribution < 1.29 is 9.18 Å². The molecule has 7 heteroatoms. The second kappa shape index (κ2) is 6.98. The van der Waals surface area contributed by atoms with Crippen LogP contribution in [0.25, 0.3) is 5.69 Å². The van der Waals surface area contributed by atoms with E-state index in [0.717, 1.165) is 21.5 Å². The number of amides is 1. The minimum absolute atomic E-state index is 0.0709. The summed E-state index contributed by atoms with van der Waals surface area (Å²) in [7, 11) is 0. The molecule has 0 aliphatic rings. The molecule has 128 valence electrons. The highest BCUT2D eigenvalue weighted by Crippen LogP contribution is 2.24. The van der Waals surface area contributed by atoms with Crippen LogP contribution in [-0.2, 0) is 0 Å². The molecule has 0 saturated carbocycles. The van der Waals surface area contributed by atoms with E-state index in [0.29, 0.717) is 5.69 Å². The average Bonchev–Trinajstić information content (AvgIpc) is 2.83. The first-order chi connectivity index (χ1) is 11.9. The molecule has 0 aliphatic carbocycles. The number of hydrogen-bond donors (Lipinski definition) is 1. The van der Waals surface area contributed by atoms with Gasteiger partial charge in [-0.25, -0.2) is 9.07 Å². The summed E-state index contributed by atoms with van der Waals surface area (Å²) in [6.07, 6.45) is 0. The molecule has 2 aromatic carbocycles. The van der Waals surface area contributed by atoms with Crippen molar-refractivity contribution >= 4 is 39.1 Å². The van der Waals surface area contributed by atoms with Gasteiger partial charge in [0.2, 0.25) is 0 Å². The first-order valence-electron chi connectivity index (χ1n) is 7.46. The molecule has 1 heterocycles. The number of aromatic nitrogens is 2. The molecule has 3 rings (SSSR count). The number of carbonyl (C=O) groups is 1. The van der Waals surface area contributed by atoms with Crippen molar-refractivity contribution in [2.45, 2.75) is 13.8 Å². The molecular formula is C18H14BrClFN3O. The lowest BCUT2D eigenvalue weighted by Crippen LogP contribution is -2.14. The summed E-state index contributed by atoms with van der Waals surface area (Å²) < 4.78 is 16.6. The Hall–Kier alpha value is -2.18. The fraction of sp³-hybridized carbons (Fsp3) is 0.111. The summed E-state index contributed by atoms with van der Waals surface area (Å²) in [6.45, 7) is 3.88. The Kier molecular flexibility index (Phi) is 4.92. The average molecular weight is 423 g/mol. The third-order valence-electron chi connectivity index (χ3n) is 3.76. The van der Waals surface area contributed by atoms with Crippen LogP contribution < -0.4 is 5.32 Å². The Morgan fingerprint density at radius 3 is 2.44 bits per heavy atom. The Balaban J connectivity index is 1.83. The highest BCUT2D eigenvalue weighted by atomic mass is 79.9. The second-order valence-electron chi connectivity index (χ2n) is 5.49. The summed E-state index contributed by atoms with van der Waals surface area (Å²) >= 11 is 9.41. The Morgan fingerprint density at radius 2 is 1.88 bits per heavy atom. The Labute approximate surface area is 157 Å². The second-order valence-corrected chi connectivity index (χ2v) is 6.69. The van der Waals surface area contributed by atoms with Gasteiger partial charge < -0.3 is 5.32 Å². The summed E-state index contributed by atoms with van der Waals surface area (Å²) in [6, 6.07) is 11.2. The molecule has 0 saturated heterocycles. The van der Waals surface area contributed by atoms with Crippen molar-refractivity contribution in [3.8, 4) is 5.69 Å². The van der Waals surface area contributed by atoms with E-state index in [1.165, 1.54) is 18.2 Å². The van der Waals surface area contributed by atoms with Gasteiger partial charge in [0.1, 0.15) is 5.82 Å². The summed E-state index contributed by atoms with van der Waals surface area (Å²) in [5.41, 5.74) is 3.09. The van der Waals surface area contributed by atoms with Gasteiger partial charge in [0.15, 0.2) is 0 Å². The maximum absolute atomic E-state index is 13.8. The van der Waals surface area contributed by atoms with Crippen molar-refractivity contribution in [1.29, 1.82) is 0 Å². The van der Waals surface area contributed by atoms with Crippen LogP contribution in [0.1, 0.15) is 21.7 Å². The largest absolute Gasteiger partial charge is 0.322 e. The van der Waals surface area contributed by atoms with Crippen molar-refractivity contribution in [1.82, 2.24) is 9.78 Å². The van der Waals surface area contributed by atoms with Gasteiger partial charge in [0, 0.05) is 5.69 Å². The summed E-state index contributed by atoms with van der Waals surface area (Å²) in [5.74, 6) is -1.25. The van der Waals surface area contributed by atoms with E-state index in [9.17, 15) is 9.18 Å². The van der Waals surface area contributed by atoms with Gasteiger partial charge in [-0.1, -0.05) is 17.7 Å². The number of nitrogens with one attached hydrogen (secondary N) is 1. The number of aryl methyl sites for hydroxylation is 1. The van der Waals surface area contributed by atoms with Gasteiger partial charge in [0.05, 0.1) is 32.1 Å². The molecule has 4 nitrogen and oxygen atoms in total. The number of hydrogen-bond acceptors (Lipinski definition) is 2. The van der Waals surface area contributed by atoms with Crippen molar-refractivity contribution in [3.05, 3.63) is 74.7 Å². The minimum atomic E-state index is -0.658. The van der Waals surface area contributed by atoms with Crippen LogP contribution in [0, 0.1) is 19.7 Å². The van der Waals surface area contributed by atoms with Gasteiger partial charge in [-0.3, -0.25) is 4.79 Å². The molecular weight excluding hydrogens is 409 g/mol. The fourth-order valence-electron chi connectivity index (χ4n) is 2.47. The summed E-state index contributed by atoms with van der Waals surface area (Å²) in [5, 5.41) is 7.18. The van der Waals surface area contributed by atoms with Crippen LogP contribution in [0.15, 0.2) is 46.9 Å². The third-order valence-corrected chi connectivity index (χ3v) is 5.23. The van der Waals surface area contributed by atoms with Crippen LogP contribution in [-0.4, -0.2) is 15.7 Å². The van der Waals surface area contributed by atoms with Gasteiger partial charge >= 0.3 is 0 Å². The number of rotatable bonds is 3. The van der Waals surface area contributed by atoms with Crippen LogP contribution in [0.5, 0.6) is 0 Å². The molecule has 0 fully saturated rings. The number of halogens is 3. The molecule has 0 radical (unpaired) electrons. The smallest absolute Gasteiger partial charge is 0.260 e.